The maximum Gasteiger partial charge on any atom is 0.311 e. The fourth-order valence-electron chi connectivity index (χ4n) is 4.02. The Balaban J connectivity index is 1.80. The zero-order valence-electron chi connectivity index (χ0n) is 17.7. The van der Waals surface area contributed by atoms with Crippen LogP contribution in [-0.2, 0) is 16.0 Å². The van der Waals surface area contributed by atoms with Crippen molar-refractivity contribution in [2.24, 2.45) is 10.8 Å². The third kappa shape index (κ3) is 4.86. The van der Waals surface area contributed by atoms with Crippen LogP contribution in [-0.4, -0.2) is 40.1 Å². The number of aromatic nitrogens is 1. The topological polar surface area (TPSA) is 83.6 Å². The Bertz CT molecular complexity index is 896. The standard InChI is InChI=1S/C23H30N2O4/c1-16-8-5-6-9-18(16)19-12-17(29-24-19)13-23(21(27)28)10-7-11-25(15-23)20(26)14-22(2,3)4/h5-6,8-9,12H,7,10-11,13-15H2,1-4H3,(H,27,28)/t23-/m0/s1. The molecule has 0 radical (unpaired) electrons. The van der Waals surface area contributed by atoms with E-state index in [2.05, 4.69) is 5.16 Å². The van der Waals surface area contributed by atoms with Crippen molar-refractivity contribution in [1.29, 1.82) is 0 Å². The lowest BCUT2D eigenvalue weighted by Gasteiger charge is -2.40. The van der Waals surface area contributed by atoms with Gasteiger partial charge in [-0.05, 0) is 30.7 Å². The van der Waals surface area contributed by atoms with E-state index in [1.54, 1.807) is 4.90 Å². The molecule has 29 heavy (non-hydrogen) atoms. The quantitative estimate of drug-likeness (QED) is 0.811. The van der Waals surface area contributed by atoms with Gasteiger partial charge in [0.25, 0.3) is 0 Å². The molecule has 2 aromatic rings. The second-order valence-corrected chi connectivity index (χ2v) is 9.41. The van der Waals surface area contributed by atoms with E-state index >= 15 is 0 Å². The molecular weight excluding hydrogens is 368 g/mol. The third-order valence-corrected chi connectivity index (χ3v) is 5.56. The second-order valence-electron chi connectivity index (χ2n) is 9.41. The predicted octanol–water partition coefficient (Wildman–Crippen LogP) is 4.32. The minimum Gasteiger partial charge on any atom is -0.481 e. The number of carboxylic acids is 1. The Hall–Kier alpha value is -2.63. The van der Waals surface area contributed by atoms with Crippen LogP contribution in [0.4, 0.5) is 0 Å². The van der Waals surface area contributed by atoms with Gasteiger partial charge in [0, 0.05) is 37.6 Å². The second kappa shape index (κ2) is 8.01. The molecule has 1 aromatic heterocycles. The lowest BCUT2D eigenvalue weighted by Crippen LogP contribution is -2.51. The summed E-state index contributed by atoms with van der Waals surface area (Å²) in [6, 6.07) is 9.70. The van der Waals surface area contributed by atoms with E-state index in [0.717, 1.165) is 11.1 Å². The highest BCUT2D eigenvalue weighted by atomic mass is 16.5. The van der Waals surface area contributed by atoms with Crippen LogP contribution >= 0.6 is 0 Å². The molecule has 156 valence electrons. The molecule has 1 aliphatic heterocycles. The van der Waals surface area contributed by atoms with Gasteiger partial charge in [0.05, 0.1) is 5.41 Å². The van der Waals surface area contributed by atoms with E-state index in [4.69, 9.17) is 4.52 Å². The number of nitrogens with zero attached hydrogens (tertiary/aromatic N) is 2. The highest BCUT2D eigenvalue weighted by Gasteiger charge is 2.45. The van der Waals surface area contributed by atoms with Gasteiger partial charge in [0.2, 0.25) is 5.91 Å². The number of piperidine rings is 1. The van der Waals surface area contributed by atoms with Crippen molar-refractivity contribution in [2.45, 2.75) is 53.4 Å². The molecular formula is C23H30N2O4. The molecule has 0 bridgehead atoms. The highest BCUT2D eigenvalue weighted by molar-refractivity contribution is 5.80. The number of carboxylic acid groups (broad SMARTS) is 1. The van der Waals surface area contributed by atoms with Crippen LogP contribution in [0.2, 0.25) is 0 Å². The van der Waals surface area contributed by atoms with Crippen molar-refractivity contribution in [3.63, 3.8) is 0 Å². The predicted molar refractivity (Wildman–Crippen MR) is 110 cm³/mol. The first-order chi connectivity index (χ1) is 13.6. The number of hydrogen-bond donors (Lipinski definition) is 1. The summed E-state index contributed by atoms with van der Waals surface area (Å²) in [7, 11) is 0. The number of hydrogen-bond acceptors (Lipinski definition) is 4. The highest BCUT2D eigenvalue weighted by Crippen LogP contribution is 2.36. The van der Waals surface area contributed by atoms with Crippen molar-refractivity contribution in [2.75, 3.05) is 13.1 Å². The average molecular weight is 399 g/mol. The van der Waals surface area contributed by atoms with Gasteiger partial charge < -0.3 is 14.5 Å². The van der Waals surface area contributed by atoms with Crippen LogP contribution in [0.1, 0.15) is 51.4 Å². The molecule has 1 aromatic carbocycles. The van der Waals surface area contributed by atoms with Crippen molar-refractivity contribution >= 4 is 11.9 Å². The summed E-state index contributed by atoms with van der Waals surface area (Å²) in [5.41, 5.74) is 1.58. The van der Waals surface area contributed by atoms with Gasteiger partial charge in [-0.1, -0.05) is 50.2 Å². The molecule has 0 aliphatic carbocycles. The van der Waals surface area contributed by atoms with Crippen LogP contribution in [0.15, 0.2) is 34.9 Å². The van der Waals surface area contributed by atoms with Crippen LogP contribution in [0.25, 0.3) is 11.3 Å². The Kier molecular flexibility index (Phi) is 5.82. The maximum atomic E-state index is 12.7. The molecule has 1 saturated heterocycles. The lowest BCUT2D eigenvalue weighted by atomic mass is 9.76. The molecule has 1 amide bonds. The number of aliphatic carboxylic acids is 1. The first-order valence-electron chi connectivity index (χ1n) is 10.1. The number of carbonyl (C=O) groups excluding carboxylic acids is 1. The molecule has 6 nitrogen and oxygen atoms in total. The molecule has 1 aliphatic rings. The molecule has 6 heteroatoms. The molecule has 0 spiro atoms. The van der Waals surface area contributed by atoms with Crippen molar-refractivity contribution in [3.05, 3.63) is 41.7 Å². The minimum atomic E-state index is -1.05. The largest absolute Gasteiger partial charge is 0.481 e. The van der Waals surface area contributed by atoms with Gasteiger partial charge in [-0.25, -0.2) is 0 Å². The Morgan fingerprint density at radius 2 is 2.00 bits per heavy atom. The Morgan fingerprint density at radius 3 is 2.66 bits per heavy atom. The molecule has 1 atom stereocenters. The maximum absolute atomic E-state index is 12.7. The van der Waals surface area contributed by atoms with Gasteiger partial charge in [0.1, 0.15) is 11.5 Å². The van der Waals surface area contributed by atoms with Crippen LogP contribution in [0, 0.1) is 17.8 Å². The van der Waals surface area contributed by atoms with Gasteiger partial charge in [-0.3, -0.25) is 9.59 Å². The number of carbonyl (C=O) groups is 2. The SMILES string of the molecule is Cc1ccccc1-c1cc(C[C@@]2(C(=O)O)CCCN(C(=O)CC(C)(C)C)C2)on1. The first kappa shape index (κ1) is 21.1. The molecule has 2 heterocycles. The lowest BCUT2D eigenvalue weighted by molar-refractivity contribution is -0.155. The summed E-state index contributed by atoms with van der Waals surface area (Å²) in [5, 5.41) is 14.2. The number of amides is 1. The Morgan fingerprint density at radius 1 is 1.28 bits per heavy atom. The van der Waals surface area contributed by atoms with Crippen LogP contribution in [0.3, 0.4) is 0 Å². The van der Waals surface area contributed by atoms with E-state index in [1.807, 2.05) is 58.0 Å². The monoisotopic (exact) mass is 398 g/mol. The summed E-state index contributed by atoms with van der Waals surface area (Å²) >= 11 is 0. The normalized spacial score (nSPS) is 19.9. The van der Waals surface area contributed by atoms with Crippen LogP contribution < -0.4 is 0 Å². The van der Waals surface area contributed by atoms with Gasteiger partial charge in [-0.2, -0.15) is 0 Å². The third-order valence-electron chi connectivity index (χ3n) is 5.56. The number of aryl methyl sites for hydroxylation is 1. The molecule has 3 rings (SSSR count). The van der Waals surface area contributed by atoms with Gasteiger partial charge in [0.15, 0.2) is 0 Å². The minimum absolute atomic E-state index is 0.0148. The number of likely N-dealkylation sites (tertiary alicyclic amines) is 1. The van der Waals surface area contributed by atoms with E-state index in [9.17, 15) is 14.7 Å². The smallest absolute Gasteiger partial charge is 0.311 e. The Labute approximate surface area is 171 Å². The summed E-state index contributed by atoms with van der Waals surface area (Å²) in [6.07, 6.45) is 1.81. The summed E-state index contributed by atoms with van der Waals surface area (Å²) < 4.78 is 5.51. The van der Waals surface area contributed by atoms with E-state index in [0.29, 0.717) is 37.3 Å². The van der Waals surface area contributed by atoms with Crippen molar-refractivity contribution < 1.29 is 19.2 Å². The fraction of sp³-hybridized carbons (Fsp3) is 0.522. The van der Waals surface area contributed by atoms with E-state index in [1.165, 1.54) is 0 Å². The average Bonchev–Trinajstić information content (AvgIpc) is 3.08. The molecule has 1 fully saturated rings. The van der Waals surface area contributed by atoms with E-state index < -0.39 is 11.4 Å². The molecule has 1 N–H and O–H groups in total. The van der Waals surface area contributed by atoms with Crippen molar-refractivity contribution in [3.8, 4) is 11.3 Å². The summed E-state index contributed by atoms with van der Waals surface area (Å²) in [5.74, 6) is -0.337. The first-order valence-corrected chi connectivity index (χ1v) is 10.1. The molecule has 0 unspecified atom stereocenters. The zero-order valence-corrected chi connectivity index (χ0v) is 17.7. The number of benzene rings is 1. The van der Waals surface area contributed by atoms with E-state index in [-0.39, 0.29) is 24.3 Å². The fourth-order valence-corrected chi connectivity index (χ4v) is 4.02. The summed E-state index contributed by atoms with van der Waals surface area (Å²) in [4.78, 5) is 26.7. The molecule has 0 saturated carbocycles. The van der Waals surface area contributed by atoms with Crippen LogP contribution in [0.5, 0.6) is 0 Å². The summed E-state index contributed by atoms with van der Waals surface area (Å²) in [6.45, 7) is 8.86. The zero-order chi connectivity index (χ0) is 21.2. The van der Waals surface area contributed by atoms with Crippen molar-refractivity contribution in [1.82, 2.24) is 10.1 Å². The number of rotatable bonds is 5. The van der Waals surface area contributed by atoms with Gasteiger partial charge in [-0.15, -0.1) is 0 Å². The van der Waals surface area contributed by atoms with Gasteiger partial charge >= 0.3 is 5.97 Å².